The van der Waals surface area contributed by atoms with Crippen molar-refractivity contribution in [2.24, 2.45) is 10.9 Å². The Hall–Kier alpha value is -4.05. The van der Waals surface area contributed by atoms with Crippen LogP contribution < -0.4 is 16.3 Å². The van der Waals surface area contributed by atoms with Gasteiger partial charge in [-0.25, -0.2) is 4.39 Å². The second-order valence-corrected chi connectivity index (χ2v) is 5.99. The summed E-state index contributed by atoms with van der Waals surface area (Å²) in [4.78, 5) is 0. The molecule has 0 heterocycles. The zero-order chi connectivity index (χ0) is 19.9. The number of aromatic hydroxyl groups is 1. The van der Waals surface area contributed by atoms with Crippen LogP contribution in [0.5, 0.6) is 5.75 Å². The Morgan fingerprint density at radius 1 is 1.14 bits per heavy atom. The fraction of sp³-hybridized carbons (Fsp3) is 0.0476. The van der Waals surface area contributed by atoms with E-state index in [1.807, 2.05) is 36.4 Å². The average Bonchev–Trinajstić information content (AvgIpc) is 2.74. The molecule has 0 unspecified atom stereocenters. The van der Waals surface area contributed by atoms with E-state index in [0.29, 0.717) is 11.1 Å². The second-order valence-electron chi connectivity index (χ2n) is 5.99. The Labute approximate surface area is 161 Å². The summed E-state index contributed by atoms with van der Waals surface area (Å²) in [6, 6.07) is 21.3. The van der Waals surface area contributed by atoms with Crippen LogP contribution in [0.2, 0.25) is 0 Å². The van der Waals surface area contributed by atoms with Gasteiger partial charge >= 0.3 is 0 Å². The Kier molecular flexibility index (Phi) is 5.72. The smallest absolute Gasteiger partial charge is 0.165 e. The molecule has 0 spiro atoms. The molecular weight excluding hydrogens is 357 g/mol. The maximum atomic E-state index is 13.7. The molecule has 4 N–H and O–H groups in total. The Morgan fingerprint density at radius 3 is 2.61 bits per heavy atom. The van der Waals surface area contributed by atoms with E-state index in [0.717, 1.165) is 16.8 Å². The minimum Gasteiger partial charge on any atom is -0.505 e. The van der Waals surface area contributed by atoms with Crippen molar-refractivity contribution >= 4 is 12.0 Å². The van der Waals surface area contributed by atoms with E-state index in [1.54, 1.807) is 23.2 Å². The fourth-order valence-corrected chi connectivity index (χ4v) is 2.80. The van der Waals surface area contributed by atoms with Gasteiger partial charge in [-0.15, -0.1) is 0 Å². The van der Waals surface area contributed by atoms with Crippen molar-refractivity contribution in [3.8, 4) is 22.9 Å². The van der Waals surface area contributed by atoms with Gasteiger partial charge < -0.3 is 10.9 Å². The molecule has 0 saturated carbocycles. The number of rotatable bonds is 6. The van der Waals surface area contributed by atoms with Crippen molar-refractivity contribution in [1.29, 1.82) is 5.26 Å². The highest BCUT2D eigenvalue weighted by Crippen LogP contribution is 2.29. The molecule has 0 bridgehead atoms. The molecule has 28 heavy (non-hydrogen) atoms. The summed E-state index contributed by atoms with van der Waals surface area (Å²) >= 11 is 0. The van der Waals surface area contributed by atoms with Gasteiger partial charge in [-0.05, 0) is 41.5 Å². The number of nitrogens with one attached hydrogen (secondary N) is 1. The number of hydrazone groups is 1. The summed E-state index contributed by atoms with van der Waals surface area (Å²) in [6.07, 6.45) is 1.30. The number of halogens is 1. The first-order valence-corrected chi connectivity index (χ1v) is 8.45. The summed E-state index contributed by atoms with van der Waals surface area (Å²) in [5.74, 6) is 4.10. The standard InChI is InChI=1S/C21H18FN5O/c22-20-10-15(6-9-21(20)28)13-27(26-14-25-24)18-8-7-17(12-23)19(11-18)16-4-2-1-3-5-16/h1-11,14,28H,13,24H2,(H,25,26). The van der Waals surface area contributed by atoms with Crippen LogP contribution >= 0.6 is 0 Å². The highest BCUT2D eigenvalue weighted by atomic mass is 19.1. The molecule has 7 heteroatoms. The van der Waals surface area contributed by atoms with Gasteiger partial charge in [0, 0.05) is 5.56 Å². The van der Waals surface area contributed by atoms with Crippen LogP contribution in [0.4, 0.5) is 10.1 Å². The molecular formula is C21H18FN5O. The molecule has 0 saturated heterocycles. The van der Waals surface area contributed by atoms with Gasteiger partial charge in [-0.1, -0.05) is 36.4 Å². The minimum absolute atomic E-state index is 0.267. The maximum Gasteiger partial charge on any atom is 0.165 e. The van der Waals surface area contributed by atoms with Crippen molar-refractivity contribution in [1.82, 2.24) is 5.43 Å². The van der Waals surface area contributed by atoms with Gasteiger partial charge in [0.05, 0.1) is 23.9 Å². The molecule has 0 aromatic heterocycles. The fourth-order valence-electron chi connectivity index (χ4n) is 2.80. The van der Waals surface area contributed by atoms with Gasteiger partial charge in [-0.2, -0.15) is 10.4 Å². The van der Waals surface area contributed by atoms with E-state index in [1.165, 1.54) is 18.5 Å². The summed E-state index contributed by atoms with van der Waals surface area (Å²) in [6.45, 7) is 0.267. The molecule has 3 aromatic carbocycles. The lowest BCUT2D eigenvalue weighted by Crippen LogP contribution is -2.37. The second kappa shape index (κ2) is 8.56. The van der Waals surface area contributed by atoms with Crippen molar-refractivity contribution in [2.45, 2.75) is 6.54 Å². The van der Waals surface area contributed by atoms with Gasteiger partial charge in [0.15, 0.2) is 11.6 Å². The molecule has 3 aromatic rings. The van der Waals surface area contributed by atoms with Crippen LogP contribution in [0.1, 0.15) is 11.1 Å². The summed E-state index contributed by atoms with van der Waals surface area (Å²) in [7, 11) is 0. The number of hydrogen-bond acceptors (Lipinski definition) is 5. The van der Waals surface area contributed by atoms with Crippen LogP contribution in [0.25, 0.3) is 11.1 Å². The van der Waals surface area contributed by atoms with Gasteiger partial charge in [0.1, 0.15) is 6.34 Å². The average molecular weight is 375 g/mol. The lowest BCUT2D eigenvalue weighted by atomic mass is 9.99. The summed E-state index contributed by atoms with van der Waals surface area (Å²) in [5.41, 5.74) is 6.50. The predicted octanol–water partition coefficient (Wildman–Crippen LogP) is 3.48. The summed E-state index contributed by atoms with van der Waals surface area (Å²) in [5, 5.41) is 24.0. The number of anilines is 1. The van der Waals surface area contributed by atoms with Crippen LogP contribution in [0.3, 0.4) is 0 Å². The van der Waals surface area contributed by atoms with E-state index >= 15 is 0 Å². The zero-order valence-electron chi connectivity index (χ0n) is 14.9. The number of phenols is 1. The molecule has 0 atom stereocenters. The minimum atomic E-state index is -0.699. The number of nitriles is 1. The molecule has 0 aliphatic rings. The quantitative estimate of drug-likeness (QED) is 0.265. The van der Waals surface area contributed by atoms with E-state index in [2.05, 4.69) is 16.6 Å². The molecule has 0 radical (unpaired) electrons. The van der Waals surface area contributed by atoms with Crippen molar-refractivity contribution in [3.05, 3.63) is 83.7 Å². The molecule has 140 valence electrons. The highest BCUT2D eigenvalue weighted by Gasteiger charge is 2.12. The monoisotopic (exact) mass is 375 g/mol. The van der Waals surface area contributed by atoms with Crippen molar-refractivity contribution < 1.29 is 9.50 Å². The van der Waals surface area contributed by atoms with Gasteiger partial charge in [0.25, 0.3) is 0 Å². The Balaban J connectivity index is 2.00. The third-order valence-electron chi connectivity index (χ3n) is 4.16. The van der Waals surface area contributed by atoms with Crippen LogP contribution in [0, 0.1) is 17.1 Å². The first-order valence-electron chi connectivity index (χ1n) is 8.45. The third kappa shape index (κ3) is 4.19. The lowest BCUT2D eigenvalue weighted by Gasteiger charge is -2.25. The molecule has 0 fully saturated rings. The van der Waals surface area contributed by atoms with E-state index in [9.17, 15) is 14.8 Å². The number of benzene rings is 3. The molecule has 6 nitrogen and oxygen atoms in total. The van der Waals surface area contributed by atoms with Crippen LogP contribution in [0.15, 0.2) is 71.8 Å². The molecule has 3 rings (SSSR count). The van der Waals surface area contributed by atoms with E-state index in [-0.39, 0.29) is 6.54 Å². The van der Waals surface area contributed by atoms with Gasteiger partial charge in [0.2, 0.25) is 0 Å². The first-order chi connectivity index (χ1) is 13.6. The van der Waals surface area contributed by atoms with E-state index in [4.69, 9.17) is 5.84 Å². The maximum absolute atomic E-state index is 13.7. The zero-order valence-corrected chi connectivity index (χ0v) is 14.9. The Bertz CT molecular complexity index is 1030. The van der Waals surface area contributed by atoms with Gasteiger partial charge in [-0.3, -0.25) is 10.4 Å². The lowest BCUT2D eigenvalue weighted by molar-refractivity contribution is 0.431. The number of phenolic OH excluding ortho intramolecular Hbond substituents is 1. The third-order valence-corrected chi connectivity index (χ3v) is 4.16. The first kappa shape index (κ1) is 18.7. The topological polar surface area (TPSA) is 97.7 Å². The Morgan fingerprint density at radius 2 is 1.93 bits per heavy atom. The highest BCUT2D eigenvalue weighted by molar-refractivity contribution is 5.75. The molecule has 0 amide bonds. The van der Waals surface area contributed by atoms with Crippen molar-refractivity contribution in [2.75, 3.05) is 5.01 Å². The van der Waals surface area contributed by atoms with E-state index < -0.39 is 11.6 Å². The number of nitrogens with zero attached hydrogens (tertiary/aromatic N) is 3. The number of nitrogens with two attached hydrogens (primary N) is 1. The predicted molar refractivity (Wildman–Crippen MR) is 107 cm³/mol. The van der Waals surface area contributed by atoms with Crippen LogP contribution in [-0.4, -0.2) is 11.4 Å². The number of hydrogen-bond donors (Lipinski definition) is 3. The molecule has 0 aliphatic carbocycles. The SMILES string of the molecule is N#Cc1ccc(N(Cc2ccc(O)c(F)c2)N/C=N\N)cc1-c1ccccc1. The van der Waals surface area contributed by atoms with Crippen LogP contribution in [-0.2, 0) is 6.54 Å². The largest absolute Gasteiger partial charge is 0.505 e. The normalized spacial score (nSPS) is 10.6. The van der Waals surface area contributed by atoms with Crippen molar-refractivity contribution in [3.63, 3.8) is 0 Å². The molecule has 0 aliphatic heterocycles. The summed E-state index contributed by atoms with van der Waals surface area (Å²) < 4.78 is 13.7. The number of hydrazine groups is 1.